The first-order valence-corrected chi connectivity index (χ1v) is 5.78. The fraction of sp³-hybridized carbons (Fsp3) is 0.667. The molecule has 16 heavy (non-hydrogen) atoms. The summed E-state index contributed by atoms with van der Waals surface area (Å²) in [4.78, 5) is 18.5. The van der Waals surface area contributed by atoms with E-state index in [4.69, 9.17) is 4.74 Å². The van der Waals surface area contributed by atoms with Crippen LogP contribution in [0.5, 0.6) is 0 Å². The van der Waals surface area contributed by atoms with E-state index in [1.54, 1.807) is 6.07 Å². The van der Waals surface area contributed by atoms with E-state index < -0.39 is 0 Å². The molecule has 0 bridgehead atoms. The number of H-pyrrole nitrogens is 1. The van der Waals surface area contributed by atoms with Crippen LogP contribution in [0.4, 0.5) is 0 Å². The van der Waals surface area contributed by atoms with Crippen LogP contribution in [0.25, 0.3) is 0 Å². The molecule has 1 aromatic heterocycles. The molecule has 90 valence electrons. The minimum absolute atomic E-state index is 0.0721. The Kier molecular flexibility index (Phi) is 5.19. The molecule has 1 rings (SSSR count). The maximum absolute atomic E-state index is 11.4. The van der Waals surface area contributed by atoms with Gasteiger partial charge in [0.05, 0.1) is 6.61 Å². The van der Waals surface area contributed by atoms with Crippen LogP contribution in [0.15, 0.2) is 10.9 Å². The van der Waals surface area contributed by atoms with Crippen LogP contribution in [0, 0.1) is 5.92 Å². The van der Waals surface area contributed by atoms with Crippen LogP contribution in [0.2, 0.25) is 0 Å². The van der Waals surface area contributed by atoms with Crippen molar-refractivity contribution in [3.05, 3.63) is 27.9 Å². The molecule has 0 saturated heterocycles. The molecule has 1 heterocycles. The van der Waals surface area contributed by atoms with Crippen molar-refractivity contribution in [3.63, 3.8) is 0 Å². The molecule has 0 amide bonds. The first-order chi connectivity index (χ1) is 7.61. The zero-order valence-corrected chi connectivity index (χ0v) is 10.2. The van der Waals surface area contributed by atoms with Gasteiger partial charge in [-0.2, -0.15) is 0 Å². The summed E-state index contributed by atoms with van der Waals surface area (Å²) in [7, 11) is 0. The largest absolute Gasteiger partial charge is 0.381 e. The molecule has 0 radical (unpaired) electrons. The quantitative estimate of drug-likeness (QED) is 0.746. The Balaban J connectivity index is 2.69. The lowest BCUT2D eigenvalue weighted by molar-refractivity contribution is 0.149. The Labute approximate surface area is 96.1 Å². The first-order valence-electron chi connectivity index (χ1n) is 5.78. The number of hydrogen-bond donors (Lipinski definition) is 1. The molecular weight excluding hydrogens is 204 g/mol. The molecule has 0 aliphatic heterocycles. The van der Waals surface area contributed by atoms with Gasteiger partial charge >= 0.3 is 0 Å². The van der Waals surface area contributed by atoms with Crippen molar-refractivity contribution in [1.82, 2.24) is 9.97 Å². The van der Waals surface area contributed by atoms with Gasteiger partial charge in [0.2, 0.25) is 0 Å². The fourth-order valence-corrected chi connectivity index (χ4v) is 1.52. The van der Waals surface area contributed by atoms with E-state index in [0.29, 0.717) is 25.6 Å². The van der Waals surface area contributed by atoms with Crippen LogP contribution in [-0.2, 0) is 17.6 Å². The maximum atomic E-state index is 11.4. The van der Waals surface area contributed by atoms with Crippen LogP contribution in [-0.4, -0.2) is 23.2 Å². The topological polar surface area (TPSA) is 55.0 Å². The number of rotatable bonds is 6. The smallest absolute Gasteiger partial charge is 0.251 e. The van der Waals surface area contributed by atoms with Crippen molar-refractivity contribution in [1.29, 1.82) is 0 Å². The number of hydrogen-bond acceptors (Lipinski definition) is 3. The predicted octanol–water partition coefficient (Wildman–Crippen LogP) is 1.55. The average molecular weight is 224 g/mol. The van der Waals surface area contributed by atoms with Gasteiger partial charge in [-0.05, 0) is 19.3 Å². The molecular formula is C12H20N2O2. The van der Waals surface area contributed by atoms with E-state index in [9.17, 15) is 4.79 Å². The van der Waals surface area contributed by atoms with Crippen molar-refractivity contribution < 1.29 is 4.74 Å². The van der Waals surface area contributed by atoms with Gasteiger partial charge in [-0.25, -0.2) is 4.98 Å². The Bertz CT molecular complexity index is 372. The summed E-state index contributed by atoms with van der Waals surface area (Å²) >= 11 is 0. The normalized spacial score (nSPS) is 11.0. The van der Waals surface area contributed by atoms with Gasteiger partial charge in [-0.15, -0.1) is 0 Å². The van der Waals surface area contributed by atoms with E-state index >= 15 is 0 Å². The lowest BCUT2D eigenvalue weighted by atomic mass is 10.1. The number of aromatic amines is 1. The minimum atomic E-state index is -0.0721. The summed E-state index contributed by atoms with van der Waals surface area (Å²) in [5.41, 5.74) is 0.794. The van der Waals surface area contributed by atoms with E-state index in [2.05, 4.69) is 23.8 Å². The van der Waals surface area contributed by atoms with E-state index in [1.165, 1.54) is 0 Å². The molecule has 4 heteroatoms. The van der Waals surface area contributed by atoms with Crippen molar-refractivity contribution in [2.24, 2.45) is 5.92 Å². The molecule has 0 aliphatic carbocycles. The number of nitrogens with one attached hydrogen (secondary N) is 1. The molecule has 0 aromatic carbocycles. The van der Waals surface area contributed by atoms with Crippen molar-refractivity contribution in [2.75, 3.05) is 13.2 Å². The van der Waals surface area contributed by atoms with Gasteiger partial charge in [-0.1, -0.05) is 13.8 Å². The summed E-state index contributed by atoms with van der Waals surface area (Å²) in [5.74, 6) is 1.23. The summed E-state index contributed by atoms with van der Waals surface area (Å²) < 4.78 is 5.24. The monoisotopic (exact) mass is 224 g/mol. The molecule has 0 aliphatic rings. The van der Waals surface area contributed by atoms with Gasteiger partial charge in [0.15, 0.2) is 0 Å². The predicted molar refractivity (Wildman–Crippen MR) is 63.6 cm³/mol. The lowest BCUT2D eigenvalue weighted by Crippen LogP contribution is -2.15. The van der Waals surface area contributed by atoms with Gasteiger partial charge in [-0.3, -0.25) is 4.79 Å². The van der Waals surface area contributed by atoms with E-state index in [0.717, 1.165) is 17.9 Å². The second-order valence-corrected chi connectivity index (χ2v) is 4.23. The molecule has 0 atom stereocenters. The lowest BCUT2D eigenvalue weighted by Gasteiger charge is -2.06. The van der Waals surface area contributed by atoms with Gasteiger partial charge in [0, 0.05) is 24.8 Å². The molecule has 0 unspecified atom stereocenters. The Morgan fingerprint density at radius 1 is 1.50 bits per heavy atom. The fourth-order valence-electron chi connectivity index (χ4n) is 1.52. The third-order valence-corrected chi connectivity index (χ3v) is 2.15. The Morgan fingerprint density at radius 3 is 2.88 bits per heavy atom. The van der Waals surface area contributed by atoms with Crippen molar-refractivity contribution in [3.8, 4) is 0 Å². The zero-order valence-electron chi connectivity index (χ0n) is 10.2. The molecule has 1 aromatic rings. The highest BCUT2D eigenvalue weighted by Gasteiger charge is 2.03. The van der Waals surface area contributed by atoms with Gasteiger partial charge in [0.1, 0.15) is 5.82 Å². The van der Waals surface area contributed by atoms with Crippen molar-refractivity contribution in [2.45, 2.75) is 33.6 Å². The Morgan fingerprint density at radius 2 is 2.25 bits per heavy atom. The number of ether oxygens (including phenoxy) is 1. The second-order valence-electron chi connectivity index (χ2n) is 4.23. The van der Waals surface area contributed by atoms with Crippen molar-refractivity contribution >= 4 is 0 Å². The minimum Gasteiger partial charge on any atom is -0.381 e. The highest BCUT2D eigenvalue weighted by molar-refractivity contribution is 5.03. The standard InChI is InChI=1S/C12H20N2O2/c1-4-16-6-5-11-13-10(7-9(2)3)8-12(15)14-11/h8-9H,4-7H2,1-3H3,(H,13,14,15). The van der Waals surface area contributed by atoms with Gasteiger partial charge in [0.25, 0.3) is 5.56 Å². The Hall–Kier alpha value is -1.16. The number of aromatic nitrogens is 2. The summed E-state index contributed by atoms with van der Waals surface area (Å²) in [6.45, 7) is 7.47. The third kappa shape index (κ3) is 4.57. The third-order valence-electron chi connectivity index (χ3n) is 2.15. The van der Waals surface area contributed by atoms with Crippen LogP contribution >= 0.6 is 0 Å². The highest BCUT2D eigenvalue weighted by atomic mass is 16.5. The summed E-state index contributed by atoms with van der Waals surface area (Å²) in [6, 6.07) is 1.57. The highest BCUT2D eigenvalue weighted by Crippen LogP contribution is 2.03. The second kappa shape index (κ2) is 6.43. The SMILES string of the molecule is CCOCCc1nc(CC(C)C)cc(=O)[nH]1. The molecule has 0 fully saturated rings. The molecule has 1 N–H and O–H groups in total. The van der Waals surface area contributed by atoms with Crippen LogP contribution in [0.3, 0.4) is 0 Å². The molecule has 4 nitrogen and oxygen atoms in total. The first kappa shape index (κ1) is 12.9. The molecule has 0 saturated carbocycles. The van der Waals surface area contributed by atoms with Gasteiger partial charge < -0.3 is 9.72 Å². The molecule has 0 spiro atoms. The van der Waals surface area contributed by atoms with E-state index in [-0.39, 0.29) is 5.56 Å². The van der Waals surface area contributed by atoms with Crippen LogP contribution < -0.4 is 5.56 Å². The average Bonchev–Trinajstić information content (AvgIpc) is 2.16. The summed E-state index contributed by atoms with van der Waals surface area (Å²) in [5, 5.41) is 0. The summed E-state index contributed by atoms with van der Waals surface area (Å²) in [6.07, 6.45) is 1.50. The zero-order chi connectivity index (χ0) is 12.0. The maximum Gasteiger partial charge on any atom is 0.251 e. The number of nitrogens with zero attached hydrogens (tertiary/aromatic N) is 1. The van der Waals surface area contributed by atoms with Crippen LogP contribution in [0.1, 0.15) is 32.3 Å². The van der Waals surface area contributed by atoms with E-state index in [1.807, 2.05) is 6.92 Å².